The first-order valence-corrected chi connectivity index (χ1v) is 7.83. The largest absolute Gasteiger partial charge is 0.453 e. The SMILES string of the molecule is COC(=O)N1[C@@H]2C[C@]3(Br)CCCC[C@]3(Br)C[C@@H]21. The quantitative estimate of drug-likeness (QED) is 0.485. The smallest absolute Gasteiger partial charge is 0.410 e. The van der Waals surface area contributed by atoms with E-state index in [4.69, 9.17) is 4.74 Å². The zero-order valence-electron chi connectivity index (χ0n) is 9.92. The Morgan fingerprint density at radius 1 is 1.18 bits per heavy atom. The Kier molecular flexibility index (Phi) is 2.79. The van der Waals surface area contributed by atoms with Gasteiger partial charge in [-0.05, 0) is 25.7 Å². The van der Waals surface area contributed by atoms with Crippen LogP contribution in [0, 0.1) is 0 Å². The summed E-state index contributed by atoms with van der Waals surface area (Å²) in [6.45, 7) is 0. The van der Waals surface area contributed by atoms with Crippen LogP contribution in [0.25, 0.3) is 0 Å². The lowest BCUT2D eigenvalue weighted by atomic mass is 9.70. The number of alkyl halides is 2. The van der Waals surface area contributed by atoms with Crippen LogP contribution in [0.2, 0.25) is 0 Å². The van der Waals surface area contributed by atoms with Gasteiger partial charge in [-0.25, -0.2) is 4.79 Å². The Balaban J connectivity index is 1.81. The molecule has 17 heavy (non-hydrogen) atoms. The maximum atomic E-state index is 11.6. The van der Waals surface area contributed by atoms with Crippen molar-refractivity contribution >= 4 is 38.0 Å². The zero-order valence-corrected chi connectivity index (χ0v) is 13.1. The first-order chi connectivity index (χ1) is 8.01. The van der Waals surface area contributed by atoms with Crippen LogP contribution in [0.15, 0.2) is 0 Å². The molecular formula is C12H17Br2NO2. The van der Waals surface area contributed by atoms with Gasteiger partial charge < -0.3 is 4.74 Å². The molecule has 1 heterocycles. The Bertz CT molecular complexity index is 338. The monoisotopic (exact) mass is 365 g/mol. The minimum Gasteiger partial charge on any atom is -0.453 e. The van der Waals surface area contributed by atoms with Gasteiger partial charge >= 0.3 is 6.09 Å². The number of rotatable bonds is 0. The van der Waals surface area contributed by atoms with Crippen LogP contribution in [-0.2, 0) is 4.74 Å². The van der Waals surface area contributed by atoms with Gasteiger partial charge in [-0.1, -0.05) is 44.7 Å². The summed E-state index contributed by atoms with van der Waals surface area (Å²) in [6.07, 6.45) is 6.93. The van der Waals surface area contributed by atoms with E-state index in [2.05, 4.69) is 31.9 Å². The van der Waals surface area contributed by atoms with Gasteiger partial charge in [0.2, 0.25) is 0 Å². The maximum Gasteiger partial charge on any atom is 0.410 e. The van der Waals surface area contributed by atoms with Crippen molar-refractivity contribution < 1.29 is 9.53 Å². The molecule has 96 valence electrons. The van der Waals surface area contributed by atoms with Crippen LogP contribution >= 0.6 is 31.9 Å². The van der Waals surface area contributed by atoms with Crippen molar-refractivity contribution in [3.8, 4) is 0 Å². The molecule has 0 bridgehead atoms. The zero-order chi connectivity index (χ0) is 12.3. The fraction of sp³-hybridized carbons (Fsp3) is 0.917. The average Bonchev–Trinajstić information content (AvgIpc) is 2.96. The minimum absolute atomic E-state index is 0.161. The molecule has 3 nitrogen and oxygen atoms in total. The summed E-state index contributed by atoms with van der Waals surface area (Å²) < 4.78 is 5.18. The number of carbonyl (C=O) groups is 1. The van der Waals surface area contributed by atoms with E-state index in [1.807, 2.05) is 4.90 Å². The number of fused-ring (bicyclic) bond motifs is 2. The number of amides is 1. The molecule has 2 aliphatic carbocycles. The first kappa shape index (κ1) is 12.3. The molecule has 3 fully saturated rings. The molecule has 1 aliphatic heterocycles. The van der Waals surface area contributed by atoms with E-state index in [0.717, 1.165) is 12.8 Å². The number of methoxy groups -OCH3 is 1. The van der Waals surface area contributed by atoms with Gasteiger partial charge in [0.25, 0.3) is 0 Å². The molecule has 2 saturated carbocycles. The summed E-state index contributed by atoms with van der Waals surface area (Å²) in [6, 6.07) is 0.788. The number of nitrogens with zero attached hydrogens (tertiary/aromatic N) is 1. The second-order valence-corrected chi connectivity index (χ2v) is 8.59. The molecular weight excluding hydrogens is 350 g/mol. The standard InChI is InChI=1S/C12H17Br2NO2/c1-17-10(16)15-8-6-11(13)4-2-3-5-12(11,14)7-9(8)15/h8-9H,2-7H2,1H3/t8-,9+,11-,12+,15?. The number of halogens is 2. The molecule has 0 aromatic heterocycles. The van der Waals surface area contributed by atoms with Gasteiger partial charge in [0.1, 0.15) is 0 Å². The van der Waals surface area contributed by atoms with Gasteiger partial charge in [0, 0.05) is 8.65 Å². The number of likely N-dealkylation sites (tertiary alicyclic amines) is 1. The molecule has 0 aromatic carbocycles. The van der Waals surface area contributed by atoms with Crippen molar-refractivity contribution in [2.24, 2.45) is 0 Å². The average molecular weight is 367 g/mol. The second kappa shape index (κ2) is 3.86. The molecule has 0 aromatic rings. The van der Waals surface area contributed by atoms with Crippen molar-refractivity contribution in [1.82, 2.24) is 4.90 Å². The fourth-order valence-electron chi connectivity index (χ4n) is 3.67. The van der Waals surface area contributed by atoms with E-state index in [0.29, 0.717) is 12.1 Å². The summed E-state index contributed by atoms with van der Waals surface area (Å²) in [5.74, 6) is 0. The lowest BCUT2D eigenvalue weighted by molar-refractivity contribution is 0.150. The van der Waals surface area contributed by atoms with Gasteiger partial charge in [-0.15, -0.1) is 0 Å². The number of ether oxygens (including phenoxy) is 1. The van der Waals surface area contributed by atoms with Crippen LogP contribution in [0.5, 0.6) is 0 Å². The van der Waals surface area contributed by atoms with Crippen LogP contribution in [0.3, 0.4) is 0 Å². The molecule has 0 radical (unpaired) electrons. The number of hydrogen-bond acceptors (Lipinski definition) is 2. The number of carbonyl (C=O) groups excluding carboxylic acids is 1. The third-order valence-electron chi connectivity index (χ3n) is 4.72. The van der Waals surface area contributed by atoms with Gasteiger partial charge in [0.05, 0.1) is 19.2 Å². The van der Waals surface area contributed by atoms with Crippen LogP contribution < -0.4 is 0 Å². The van der Waals surface area contributed by atoms with E-state index >= 15 is 0 Å². The number of hydrogen-bond donors (Lipinski definition) is 0. The molecule has 4 atom stereocenters. The van der Waals surface area contributed by atoms with E-state index in [-0.39, 0.29) is 14.7 Å². The molecule has 3 aliphatic rings. The Hall–Kier alpha value is 0.230. The van der Waals surface area contributed by atoms with Crippen LogP contribution in [0.4, 0.5) is 4.79 Å². The Morgan fingerprint density at radius 3 is 2.06 bits per heavy atom. The predicted octanol–water partition coefficient (Wildman–Crippen LogP) is 3.44. The summed E-state index contributed by atoms with van der Waals surface area (Å²) in [5.41, 5.74) is 0. The molecule has 1 amide bonds. The van der Waals surface area contributed by atoms with Crippen molar-refractivity contribution in [2.75, 3.05) is 7.11 Å². The summed E-state index contributed by atoms with van der Waals surface area (Å²) in [5, 5.41) is 0. The molecule has 0 spiro atoms. The van der Waals surface area contributed by atoms with E-state index < -0.39 is 0 Å². The molecule has 0 N–H and O–H groups in total. The van der Waals surface area contributed by atoms with Gasteiger partial charge in [-0.2, -0.15) is 0 Å². The molecule has 3 rings (SSSR count). The summed E-state index contributed by atoms with van der Waals surface area (Å²) in [7, 11) is 1.47. The second-order valence-electron chi connectivity index (χ2n) is 5.56. The van der Waals surface area contributed by atoms with Crippen molar-refractivity contribution in [3.63, 3.8) is 0 Å². The van der Waals surface area contributed by atoms with Gasteiger partial charge in [-0.3, -0.25) is 4.90 Å². The van der Waals surface area contributed by atoms with E-state index in [9.17, 15) is 4.79 Å². The molecule has 5 heteroatoms. The highest BCUT2D eigenvalue weighted by molar-refractivity contribution is 9.13. The van der Waals surface area contributed by atoms with Gasteiger partial charge in [0.15, 0.2) is 0 Å². The molecule has 0 unspecified atom stereocenters. The normalized spacial score (nSPS) is 48.1. The maximum absolute atomic E-state index is 11.6. The lowest BCUT2D eigenvalue weighted by Gasteiger charge is -2.49. The lowest BCUT2D eigenvalue weighted by Crippen LogP contribution is -2.51. The highest BCUT2D eigenvalue weighted by atomic mass is 79.9. The Morgan fingerprint density at radius 2 is 1.65 bits per heavy atom. The van der Waals surface area contributed by atoms with Crippen LogP contribution in [0.1, 0.15) is 38.5 Å². The highest BCUT2D eigenvalue weighted by Gasteiger charge is 2.66. The predicted molar refractivity (Wildman–Crippen MR) is 72.8 cm³/mol. The summed E-state index contributed by atoms with van der Waals surface area (Å²) in [4.78, 5) is 13.5. The third-order valence-corrected chi connectivity index (χ3v) is 8.21. The Labute approximate surface area is 119 Å². The molecule has 1 saturated heterocycles. The first-order valence-electron chi connectivity index (χ1n) is 6.25. The summed E-state index contributed by atoms with van der Waals surface area (Å²) >= 11 is 7.94. The topological polar surface area (TPSA) is 29.3 Å². The van der Waals surface area contributed by atoms with E-state index in [1.54, 1.807) is 0 Å². The fourth-order valence-corrected chi connectivity index (χ4v) is 5.62. The van der Waals surface area contributed by atoms with Crippen LogP contribution in [-0.4, -0.2) is 38.8 Å². The third kappa shape index (κ3) is 1.68. The van der Waals surface area contributed by atoms with Crippen molar-refractivity contribution in [3.05, 3.63) is 0 Å². The minimum atomic E-state index is -0.161. The van der Waals surface area contributed by atoms with Crippen molar-refractivity contribution in [1.29, 1.82) is 0 Å². The van der Waals surface area contributed by atoms with Crippen molar-refractivity contribution in [2.45, 2.75) is 59.3 Å². The highest BCUT2D eigenvalue weighted by Crippen LogP contribution is 2.62. The van der Waals surface area contributed by atoms with E-state index in [1.165, 1.54) is 32.8 Å².